The van der Waals surface area contributed by atoms with Gasteiger partial charge in [-0.2, -0.15) is 0 Å². The number of carbonyl (C=O) groups excluding carboxylic acids is 2. The van der Waals surface area contributed by atoms with Gasteiger partial charge in [-0.15, -0.1) is 10.2 Å². The molecule has 0 aliphatic carbocycles. The van der Waals surface area contributed by atoms with E-state index < -0.39 is 11.8 Å². The number of nitrogens with two attached hydrogens (primary N) is 2. The first-order valence-corrected chi connectivity index (χ1v) is 4.99. The van der Waals surface area contributed by atoms with Crippen LogP contribution in [-0.4, -0.2) is 28.1 Å². The zero-order chi connectivity index (χ0) is 11.4. The summed E-state index contributed by atoms with van der Waals surface area (Å²) in [6.45, 7) is 1.67. The van der Waals surface area contributed by atoms with Gasteiger partial charge < -0.3 is 16.8 Å². The number of amides is 2. The number of nitrogens with zero attached hydrogens (tertiary/aromatic N) is 2. The number of hydrogen-bond donors (Lipinski definition) is 3. The topological polar surface area (TPSA) is 124 Å². The highest BCUT2D eigenvalue weighted by molar-refractivity contribution is 7.16. The normalized spacial score (nSPS) is 12.1. The molecule has 1 heterocycles. The highest BCUT2D eigenvalue weighted by Crippen LogP contribution is 2.10. The third-order valence-corrected chi connectivity index (χ3v) is 2.27. The van der Waals surface area contributed by atoms with Gasteiger partial charge in [0.15, 0.2) is 0 Å². The Morgan fingerprint density at radius 2 is 2.20 bits per heavy atom. The van der Waals surface area contributed by atoms with Gasteiger partial charge in [0.05, 0.1) is 0 Å². The second-order valence-electron chi connectivity index (χ2n) is 2.99. The van der Waals surface area contributed by atoms with Gasteiger partial charge in [0, 0.05) is 12.5 Å². The number of anilines is 1. The van der Waals surface area contributed by atoms with Crippen LogP contribution in [0, 0.1) is 0 Å². The highest BCUT2D eigenvalue weighted by Gasteiger charge is 2.15. The van der Waals surface area contributed by atoms with Gasteiger partial charge >= 0.3 is 0 Å². The van der Waals surface area contributed by atoms with E-state index in [-0.39, 0.29) is 22.6 Å². The van der Waals surface area contributed by atoms with Crippen molar-refractivity contribution < 1.29 is 9.59 Å². The summed E-state index contributed by atoms with van der Waals surface area (Å²) in [5.74, 6) is -0.877. The molecule has 0 saturated heterocycles. The molecular formula is C7H11N5O2S. The molecule has 0 bridgehead atoms. The van der Waals surface area contributed by atoms with Gasteiger partial charge in [-0.1, -0.05) is 11.3 Å². The Kier molecular flexibility index (Phi) is 3.56. The van der Waals surface area contributed by atoms with Crippen molar-refractivity contribution >= 4 is 28.3 Å². The lowest BCUT2D eigenvalue weighted by atomic mass is 10.2. The largest absolute Gasteiger partial charge is 0.374 e. The number of nitrogen functional groups attached to an aromatic ring is 1. The first-order chi connectivity index (χ1) is 6.99. The first-order valence-electron chi connectivity index (χ1n) is 4.17. The predicted octanol–water partition coefficient (Wildman–Crippen LogP) is -0.886. The molecule has 1 unspecified atom stereocenters. The lowest BCUT2D eigenvalue weighted by Gasteiger charge is -2.09. The Morgan fingerprint density at radius 1 is 1.53 bits per heavy atom. The lowest BCUT2D eigenvalue weighted by molar-refractivity contribution is -0.118. The van der Waals surface area contributed by atoms with E-state index in [1.54, 1.807) is 6.92 Å². The number of carbonyl (C=O) groups is 2. The van der Waals surface area contributed by atoms with Crippen LogP contribution in [-0.2, 0) is 4.79 Å². The van der Waals surface area contributed by atoms with Crippen molar-refractivity contribution in [1.29, 1.82) is 0 Å². The van der Waals surface area contributed by atoms with Crippen molar-refractivity contribution in [3.8, 4) is 0 Å². The van der Waals surface area contributed by atoms with Gasteiger partial charge in [-0.3, -0.25) is 9.59 Å². The van der Waals surface area contributed by atoms with Gasteiger partial charge in [0.25, 0.3) is 5.91 Å². The summed E-state index contributed by atoms with van der Waals surface area (Å²) in [5, 5.41) is 10.0. The molecule has 1 atom stereocenters. The number of rotatable bonds is 4. The van der Waals surface area contributed by atoms with Gasteiger partial charge in [-0.25, -0.2) is 0 Å². The molecule has 5 N–H and O–H groups in total. The van der Waals surface area contributed by atoms with Crippen molar-refractivity contribution in [3.05, 3.63) is 5.01 Å². The van der Waals surface area contributed by atoms with Crippen LogP contribution in [0.25, 0.3) is 0 Å². The third kappa shape index (κ3) is 3.50. The van der Waals surface area contributed by atoms with Crippen molar-refractivity contribution in [2.24, 2.45) is 5.73 Å². The van der Waals surface area contributed by atoms with Crippen molar-refractivity contribution in [2.45, 2.75) is 19.4 Å². The average molecular weight is 229 g/mol. The predicted molar refractivity (Wildman–Crippen MR) is 55.1 cm³/mol. The van der Waals surface area contributed by atoms with Crippen LogP contribution in [0.5, 0.6) is 0 Å². The Bertz CT molecular complexity index is 377. The minimum absolute atomic E-state index is 0.0834. The summed E-state index contributed by atoms with van der Waals surface area (Å²) < 4.78 is 0. The van der Waals surface area contributed by atoms with Crippen LogP contribution < -0.4 is 16.8 Å². The summed E-state index contributed by atoms with van der Waals surface area (Å²) in [6, 6.07) is -0.333. The Labute approximate surface area is 89.9 Å². The maximum absolute atomic E-state index is 11.4. The third-order valence-electron chi connectivity index (χ3n) is 1.52. The number of aromatic nitrogens is 2. The molecule has 8 heteroatoms. The fourth-order valence-corrected chi connectivity index (χ4v) is 1.48. The van der Waals surface area contributed by atoms with Crippen LogP contribution in [0.3, 0.4) is 0 Å². The van der Waals surface area contributed by atoms with E-state index in [0.29, 0.717) is 0 Å². The van der Waals surface area contributed by atoms with Crippen LogP contribution >= 0.6 is 11.3 Å². The molecular weight excluding hydrogens is 218 g/mol. The summed E-state index contributed by atoms with van der Waals surface area (Å²) in [7, 11) is 0. The highest BCUT2D eigenvalue weighted by atomic mass is 32.1. The minimum Gasteiger partial charge on any atom is -0.374 e. The molecule has 15 heavy (non-hydrogen) atoms. The molecule has 0 aromatic carbocycles. The summed E-state index contributed by atoms with van der Waals surface area (Å²) >= 11 is 0.984. The van der Waals surface area contributed by atoms with E-state index in [1.165, 1.54) is 0 Å². The van der Waals surface area contributed by atoms with Crippen LogP contribution in [0.1, 0.15) is 23.1 Å². The standard InChI is InChI=1S/C7H11N5O2S/c1-3(2-4(8)13)10-5(14)6-11-12-7(9)15-6/h3H,2H2,1H3,(H2,8,13)(H2,9,12)(H,10,14). The van der Waals surface area contributed by atoms with E-state index in [9.17, 15) is 9.59 Å². The number of primary amides is 1. The monoisotopic (exact) mass is 229 g/mol. The molecule has 0 aliphatic rings. The molecule has 1 rings (SSSR count). The quantitative estimate of drug-likeness (QED) is 0.618. The van der Waals surface area contributed by atoms with E-state index in [2.05, 4.69) is 15.5 Å². The SMILES string of the molecule is CC(CC(N)=O)NC(=O)c1nnc(N)s1. The number of nitrogens with one attached hydrogen (secondary N) is 1. The second kappa shape index (κ2) is 4.69. The van der Waals surface area contributed by atoms with E-state index >= 15 is 0 Å². The molecule has 0 radical (unpaired) electrons. The van der Waals surface area contributed by atoms with E-state index in [0.717, 1.165) is 11.3 Å². The lowest BCUT2D eigenvalue weighted by Crippen LogP contribution is -2.35. The van der Waals surface area contributed by atoms with E-state index in [1.807, 2.05) is 0 Å². The maximum Gasteiger partial charge on any atom is 0.282 e. The van der Waals surface area contributed by atoms with Crippen LogP contribution in [0.4, 0.5) is 5.13 Å². The first kappa shape index (κ1) is 11.4. The maximum atomic E-state index is 11.4. The zero-order valence-corrected chi connectivity index (χ0v) is 8.87. The molecule has 0 saturated carbocycles. The van der Waals surface area contributed by atoms with Crippen molar-refractivity contribution in [2.75, 3.05) is 5.73 Å². The smallest absolute Gasteiger partial charge is 0.282 e. The summed E-state index contributed by atoms with van der Waals surface area (Å²) in [4.78, 5) is 22.0. The summed E-state index contributed by atoms with van der Waals surface area (Å²) in [6.07, 6.45) is 0.0834. The van der Waals surface area contributed by atoms with Crippen molar-refractivity contribution in [3.63, 3.8) is 0 Å². The molecule has 82 valence electrons. The van der Waals surface area contributed by atoms with Crippen LogP contribution in [0.2, 0.25) is 0 Å². The molecule has 2 amide bonds. The molecule has 1 aromatic heterocycles. The fraction of sp³-hybridized carbons (Fsp3) is 0.429. The van der Waals surface area contributed by atoms with E-state index in [4.69, 9.17) is 11.5 Å². The minimum atomic E-state index is -0.473. The van der Waals surface area contributed by atoms with Gasteiger partial charge in [0.1, 0.15) is 0 Å². The second-order valence-corrected chi connectivity index (χ2v) is 4.00. The molecule has 0 spiro atoms. The Morgan fingerprint density at radius 3 is 2.67 bits per heavy atom. The van der Waals surface area contributed by atoms with Crippen molar-refractivity contribution in [1.82, 2.24) is 15.5 Å². The molecule has 0 aliphatic heterocycles. The Balaban J connectivity index is 2.52. The van der Waals surface area contributed by atoms with Gasteiger partial charge in [-0.05, 0) is 6.92 Å². The summed E-state index contributed by atoms with van der Waals surface area (Å²) in [5.41, 5.74) is 10.3. The fourth-order valence-electron chi connectivity index (χ4n) is 0.965. The van der Waals surface area contributed by atoms with Gasteiger partial charge in [0.2, 0.25) is 16.0 Å². The molecule has 1 aromatic rings. The van der Waals surface area contributed by atoms with Crippen LogP contribution in [0.15, 0.2) is 0 Å². The zero-order valence-electron chi connectivity index (χ0n) is 8.06. The number of hydrogen-bond acceptors (Lipinski definition) is 6. The molecule has 0 fully saturated rings. The average Bonchev–Trinajstić information content (AvgIpc) is 2.49. The Hall–Kier alpha value is -1.70. The molecule has 7 nitrogen and oxygen atoms in total.